The summed E-state index contributed by atoms with van der Waals surface area (Å²) < 4.78 is 32.7. The molecular weight excluding hydrogens is 258 g/mol. The van der Waals surface area contributed by atoms with E-state index in [1.165, 1.54) is 6.07 Å². The Balaban J connectivity index is 1.90. The minimum absolute atomic E-state index is 0.430. The minimum Gasteiger partial charge on any atom is -0.494 e. The highest BCUT2D eigenvalue weighted by molar-refractivity contribution is 5.77. The standard InChI is InChI=1S/C17H16F2O/c1-2-3-8-20-12-4-5-13-11(9-12)10-15-14(13)6-7-16(18)17(15)19/h4-7,9H,2-3,8,10H2,1H3. The summed E-state index contributed by atoms with van der Waals surface area (Å²) in [5.41, 5.74) is 3.21. The molecule has 0 fully saturated rings. The molecule has 0 amide bonds. The lowest BCUT2D eigenvalue weighted by atomic mass is 10.1. The molecule has 0 aromatic heterocycles. The summed E-state index contributed by atoms with van der Waals surface area (Å²) in [7, 11) is 0. The molecule has 2 aromatic carbocycles. The molecule has 0 radical (unpaired) electrons. The van der Waals surface area contributed by atoms with Gasteiger partial charge in [0, 0.05) is 12.0 Å². The van der Waals surface area contributed by atoms with Crippen molar-refractivity contribution in [1.29, 1.82) is 0 Å². The average Bonchev–Trinajstić information content (AvgIpc) is 2.82. The third kappa shape index (κ3) is 2.17. The number of hydrogen-bond donors (Lipinski definition) is 0. The van der Waals surface area contributed by atoms with Crippen LogP contribution in [0, 0.1) is 11.6 Å². The van der Waals surface area contributed by atoms with Crippen molar-refractivity contribution < 1.29 is 13.5 Å². The van der Waals surface area contributed by atoms with Crippen molar-refractivity contribution in [3.63, 3.8) is 0 Å². The third-order valence-electron chi connectivity index (χ3n) is 3.70. The second kappa shape index (κ2) is 5.23. The predicted molar refractivity (Wildman–Crippen MR) is 75.0 cm³/mol. The molecular formula is C17H16F2O. The van der Waals surface area contributed by atoms with Crippen LogP contribution in [0.3, 0.4) is 0 Å². The first-order valence-electron chi connectivity index (χ1n) is 6.93. The van der Waals surface area contributed by atoms with Crippen molar-refractivity contribution in [1.82, 2.24) is 0 Å². The molecule has 0 aliphatic heterocycles. The van der Waals surface area contributed by atoms with Crippen LogP contribution in [0.4, 0.5) is 8.78 Å². The number of ether oxygens (including phenoxy) is 1. The normalized spacial score (nSPS) is 12.2. The Morgan fingerprint density at radius 2 is 1.90 bits per heavy atom. The molecule has 3 heteroatoms. The SMILES string of the molecule is CCCCOc1ccc2c(c1)Cc1c-2ccc(F)c1F. The van der Waals surface area contributed by atoms with Crippen LogP contribution in [0.5, 0.6) is 5.75 Å². The first-order valence-corrected chi connectivity index (χ1v) is 6.93. The zero-order valence-corrected chi connectivity index (χ0v) is 11.4. The molecule has 104 valence electrons. The van der Waals surface area contributed by atoms with E-state index in [9.17, 15) is 8.78 Å². The van der Waals surface area contributed by atoms with Gasteiger partial charge in [-0.15, -0.1) is 0 Å². The highest BCUT2D eigenvalue weighted by Crippen LogP contribution is 2.40. The summed E-state index contributed by atoms with van der Waals surface area (Å²) in [5, 5.41) is 0. The number of benzene rings is 2. The Hall–Kier alpha value is -1.90. The summed E-state index contributed by atoms with van der Waals surface area (Å²) in [6.45, 7) is 2.80. The van der Waals surface area contributed by atoms with Gasteiger partial charge in [0.15, 0.2) is 11.6 Å². The molecule has 0 heterocycles. The van der Waals surface area contributed by atoms with E-state index in [4.69, 9.17) is 4.74 Å². The Kier molecular flexibility index (Phi) is 3.43. The third-order valence-corrected chi connectivity index (χ3v) is 3.70. The van der Waals surface area contributed by atoms with Gasteiger partial charge in [0.2, 0.25) is 0 Å². The number of hydrogen-bond acceptors (Lipinski definition) is 1. The topological polar surface area (TPSA) is 9.23 Å². The van der Waals surface area contributed by atoms with E-state index in [0.29, 0.717) is 18.6 Å². The van der Waals surface area contributed by atoms with Gasteiger partial charge < -0.3 is 4.74 Å². The van der Waals surface area contributed by atoms with Crippen molar-refractivity contribution in [3.8, 4) is 16.9 Å². The van der Waals surface area contributed by atoms with Crippen LogP contribution in [-0.2, 0) is 6.42 Å². The summed E-state index contributed by atoms with van der Waals surface area (Å²) in [5.74, 6) is -0.714. The fourth-order valence-corrected chi connectivity index (χ4v) is 2.61. The lowest BCUT2D eigenvalue weighted by molar-refractivity contribution is 0.309. The summed E-state index contributed by atoms with van der Waals surface area (Å²) >= 11 is 0. The molecule has 0 bridgehead atoms. The van der Waals surface area contributed by atoms with Crippen molar-refractivity contribution in [2.24, 2.45) is 0 Å². The smallest absolute Gasteiger partial charge is 0.162 e. The zero-order chi connectivity index (χ0) is 14.1. The summed E-state index contributed by atoms with van der Waals surface area (Å²) in [4.78, 5) is 0. The average molecular weight is 274 g/mol. The molecule has 0 spiro atoms. The maximum atomic E-state index is 13.8. The van der Waals surface area contributed by atoms with Gasteiger partial charge in [-0.3, -0.25) is 0 Å². The minimum atomic E-state index is -0.782. The Labute approximate surface area is 117 Å². The largest absolute Gasteiger partial charge is 0.494 e. The number of rotatable bonds is 4. The van der Waals surface area contributed by atoms with E-state index in [0.717, 1.165) is 35.3 Å². The summed E-state index contributed by atoms with van der Waals surface area (Å²) in [6.07, 6.45) is 2.53. The molecule has 2 aromatic rings. The van der Waals surface area contributed by atoms with Gasteiger partial charge in [-0.2, -0.15) is 0 Å². The molecule has 1 aliphatic rings. The highest BCUT2D eigenvalue weighted by atomic mass is 19.2. The number of unbranched alkanes of at least 4 members (excludes halogenated alkanes) is 1. The quantitative estimate of drug-likeness (QED) is 0.626. The van der Waals surface area contributed by atoms with Gasteiger partial charge in [0.1, 0.15) is 5.75 Å². The molecule has 0 saturated heterocycles. The van der Waals surface area contributed by atoms with Crippen LogP contribution in [0.2, 0.25) is 0 Å². The highest BCUT2D eigenvalue weighted by Gasteiger charge is 2.23. The molecule has 0 N–H and O–H groups in total. The van der Waals surface area contributed by atoms with E-state index < -0.39 is 11.6 Å². The van der Waals surface area contributed by atoms with Gasteiger partial charge in [-0.1, -0.05) is 25.5 Å². The lowest BCUT2D eigenvalue weighted by Gasteiger charge is -2.07. The molecule has 0 saturated carbocycles. The molecule has 0 atom stereocenters. The lowest BCUT2D eigenvalue weighted by Crippen LogP contribution is -1.96. The van der Waals surface area contributed by atoms with Crippen molar-refractivity contribution in [2.45, 2.75) is 26.2 Å². The first-order chi connectivity index (χ1) is 9.70. The molecule has 1 nitrogen and oxygen atoms in total. The van der Waals surface area contributed by atoms with Crippen LogP contribution in [0.1, 0.15) is 30.9 Å². The Bertz CT molecular complexity index is 650. The van der Waals surface area contributed by atoms with Gasteiger partial charge in [0.25, 0.3) is 0 Å². The zero-order valence-electron chi connectivity index (χ0n) is 11.4. The second-order valence-corrected chi connectivity index (χ2v) is 5.09. The van der Waals surface area contributed by atoms with E-state index in [1.807, 2.05) is 18.2 Å². The monoisotopic (exact) mass is 274 g/mol. The van der Waals surface area contributed by atoms with E-state index in [-0.39, 0.29) is 0 Å². The van der Waals surface area contributed by atoms with Gasteiger partial charge in [-0.05, 0) is 41.3 Å². The maximum absolute atomic E-state index is 13.8. The molecule has 3 rings (SSSR count). The predicted octanol–water partition coefficient (Wildman–Crippen LogP) is 4.71. The van der Waals surface area contributed by atoms with Crippen LogP contribution in [0.25, 0.3) is 11.1 Å². The molecule has 20 heavy (non-hydrogen) atoms. The van der Waals surface area contributed by atoms with E-state index in [2.05, 4.69) is 6.92 Å². The van der Waals surface area contributed by atoms with Crippen LogP contribution in [-0.4, -0.2) is 6.61 Å². The van der Waals surface area contributed by atoms with Gasteiger partial charge >= 0.3 is 0 Å². The van der Waals surface area contributed by atoms with Crippen LogP contribution >= 0.6 is 0 Å². The second-order valence-electron chi connectivity index (χ2n) is 5.09. The van der Waals surface area contributed by atoms with Gasteiger partial charge in [-0.25, -0.2) is 8.78 Å². The fraction of sp³-hybridized carbons (Fsp3) is 0.294. The maximum Gasteiger partial charge on any atom is 0.162 e. The Morgan fingerprint density at radius 1 is 1.10 bits per heavy atom. The van der Waals surface area contributed by atoms with E-state index in [1.54, 1.807) is 6.07 Å². The van der Waals surface area contributed by atoms with E-state index >= 15 is 0 Å². The molecule has 1 aliphatic carbocycles. The fourth-order valence-electron chi connectivity index (χ4n) is 2.61. The van der Waals surface area contributed by atoms with Crippen LogP contribution < -0.4 is 4.74 Å². The van der Waals surface area contributed by atoms with Gasteiger partial charge in [0.05, 0.1) is 6.61 Å². The van der Waals surface area contributed by atoms with Crippen molar-refractivity contribution in [2.75, 3.05) is 6.61 Å². The number of halogens is 2. The summed E-state index contributed by atoms with van der Waals surface area (Å²) in [6, 6.07) is 8.60. The van der Waals surface area contributed by atoms with Crippen molar-refractivity contribution in [3.05, 3.63) is 53.1 Å². The Morgan fingerprint density at radius 3 is 2.70 bits per heavy atom. The number of fused-ring (bicyclic) bond motifs is 3. The first kappa shape index (κ1) is 13.1. The molecule has 0 unspecified atom stereocenters. The van der Waals surface area contributed by atoms with Crippen molar-refractivity contribution >= 4 is 0 Å². The van der Waals surface area contributed by atoms with Crippen LogP contribution in [0.15, 0.2) is 30.3 Å².